The molecular formula is C24H29N3O3. The van der Waals surface area contributed by atoms with Crippen LogP contribution in [-0.2, 0) is 24.2 Å². The van der Waals surface area contributed by atoms with Crippen molar-refractivity contribution < 1.29 is 14.3 Å². The molecule has 0 saturated carbocycles. The Bertz CT molecular complexity index is 964. The van der Waals surface area contributed by atoms with E-state index in [1.165, 1.54) is 18.4 Å². The fourth-order valence-corrected chi connectivity index (χ4v) is 3.38. The number of para-hydroxylation sites is 1. The second-order valence-electron chi connectivity index (χ2n) is 7.17. The maximum Gasteiger partial charge on any atom is 0.229 e. The van der Waals surface area contributed by atoms with Gasteiger partial charge in [0.05, 0.1) is 33.4 Å². The van der Waals surface area contributed by atoms with Crippen LogP contribution in [0.15, 0.2) is 54.7 Å². The number of nitrogens with zero attached hydrogens (tertiary/aromatic N) is 2. The number of carbonyl (C=O) groups is 1. The number of aromatic nitrogens is 2. The molecule has 0 spiro atoms. The first kappa shape index (κ1) is 21.4. The van der Waals surface area contributed by atoms with Gasteiger partial charge >= 0.3 is 0 Å². The summed E-state index contributed by atoms with van der Waals surface area (Å²) in [5.74, 6) is 1.89. The Kier molecular flexibility index (Phi) is 7.49. The first-order valence-electron chi connectivity index (χ1n) is 10.2. The molecule has 0 aliphatic heterocycles. The third kappa shape index (κ3) is 5.41. The van der Waals surface area contributed by atoms with Gasteiger partial charge in [-0.1, -0.05) is 49.7 Å². The summed E-state index contributed by atoms with van der Waals surface area (Å²) in [5, 5.41) is 7.31. The predicted octanol–water partition coefficient (Wildman–Crippen LogP) is 4.47. The van der Waals surface area contributed by atoms with Crippen LogP contribution in [-0.4, -0.2) is 29.9 Å². The smallest absolute Gasteiger partial charge is 0.229 e. The van der Waals surface area contributed by atoms with Gasteiger partial charge in [0.25, 0.3) is 0 Å². The van der Waals surface area contributed by atoms with Crippen LogP contribution in [0.4, 0.5) is 5.82 Å². The number of hydrogen-bond acceptors (Lipinski definition) is 4. The molecule has 6 heteroatoms. The lowest BCUT2D eigenvalue weighted by Gasteiger charge is -2.14. The summed E-state index contributed by atoms with van der Waals surface area (Å²) in [5.41, 5.74) is 3.22. The van der Waals surface area contributed by atoms with Crippen LogP contribution in [0.1, 0.15) is 36.5 Å². The van der Waals surface area contributed by atoms with E-state index in [0.29, 0.717) is 30.3 Å². The number of ether oxygens (including phenoxy) is 2. The van der Waals surface area contributed by atoms with Crippen molar-refractivity contribution in [2.24, 2.45) is 0 Å². The van der Waals surface area contributed by atoms with Gasteiger partial charge in [0.2, 0.25) is 5.91 Å². The van der Waals surface area contributed by atoms with Crippen molar-refractivity contribution in [3.63, 3.8) is 0 Å². The van der Waals surface area contributed by atoms with Crippen LogP contribution in [0, 0.1) is 0 Å². The minimum atomic E-state index is -0.0735. The largest absolute Gasteiger partial charge is 0.493 e. The highest BCUT2D eigenvalue weighted by molar-refractivity contribution is 5.91. The summed E-state index contributed by atoms with van der Waals surface area (Å²) in [6, 6.07) is 15.8. The zero-order valence-electron chi connectivity index (χ0n) is 17.9. The molecular weight excluding hydrogens is 378 g/mol. The number of benzene rings is 2. The van der Waals surface area contributed by atoms with Gasteiger partial charge in [0.1, 0.15) is 5.82 Å². The van der Waals surface area contributed by atoms with Crippen molar-refractivity contribution in [1.29, 1.82) is 0 Å². The van der Waals surface area contributed by atoms with E-state index in [0.717, 1.165) is 17.5 Å². The number of anilines is 1. The Morgan fingerprint density at radius 1 is 1.03 bits per heavy atom. The van der Waals surface area contributed by atoms with E-state index in [-0.39, 0.29) is 5.91 Å². The van der Waals surface area contributed by atoms with E-state index < -0.39 is 0 Å². The van der Waals surface area contributed by atoms with Crippen LogP contribution >= 0.6 is 0 Å². The van der Waals surface area contributed by atoms with E-state index in [2.05, 4.69) is 29.5 Å². The van der Waals surface area contributed by atoms with Crippen molar-refractivity contribution in [3.05, 3.63) is 71.4 Å². The Labute approximate surface area is 177 Å². The number of rotatable bonds is 10. The van der Waals surface area contributed by atoms with Gasteiger partial charge in [-0.15, -0.1) is 0 Å². The molecule has 1 N–H and O–H groups in total. The lowest BCUT2D eigenvalue weighted by Crippen LogP contribution is -2.18. The molecule has 2 aromatic carbocycles. The quantitative estimate of drug-likeness (QED) is 0.538. The Balaban J connectivity index is 1.65. The number of carbonyl (C=O) groups excluding carboxylic acids is 1. The zero-order valence-corrected chi connectivity index (χ0v) is 17.9. The average Bonchev–Trinajstić information content (AvgIpc) is 3.19. The van der Waals surface area contributed by atoms with E-state index in [4.69, 9.17) is 9.47 Å². The summed E-state index contributed by atoms with van der Waals surface area (Å²) in [4.78, 5) is 12.6. The van der Waals surface area contributed by atoms with Crippen LogP contribution in [0.25, 0.3) is 0 Å². The van der Waals surface area contributed by atoms with Gasteiger partial charge < -0.3 is 14.8 Å². The summed E-state index contributed by atoms with van der Waals surface area (Å²) in [6.07, 6.45) is 5.43. The molecule has 3 aromatic rings. The standard InChI is InChI=1S/C24H29N3O3/c1-4-5-7-18-10-12-19(13-11-18)16-23(28)26-22-14-15-25-27(22)17-20-8-6-9-21(29-2)24(20)30-3/h6,8-15H,4-5,7,16-17H2,1-3H3,(H,26,28). The molecule has 0 fully saturated rings. The molecule has 0 aliphatic rings. The first-order chi connectivity index (χ1) is 14.6. The van der Waals surface area contributed by atoms with Crippen molar-refractivity contribution in [1.82, 2.24) is 9.78 Å². The minimum Gasteiger partial charge on any atom is -0.493 e. The number of hydrogen-bond donors (Lipinski definition) is 1. The van der Waals surface area contributed by atoms with Crippen molar-refractivity contribution in [3.8, 4) is 11.5 Å². The Morgan fingerprint density at radius 2 is 1.80 bits per heavy atom. The fraction of sp³-hybridized carbons (Fsp3) is 0.333. The number of unbranched alkanes of at least 4 members (excludes halogenated alkanes) is 1. The summed E-state index contributed by atoms with van der Waals surface area (Å²) in [7, 11) is 3.22. The molecule has 0 atom stereocenters. The van der Waals surface area contributed by atoms with E-state index in [1.807, 2.05) is 30.3 Å². The molecule has 6 nitrogen and oxygen atoms in total. The predicted molar refractivity (Wildman–Crippen MR) is 118 cm³/mol. The van der Waals surface area contributed by atoms with Gasteiger partial charge in [0, 0.05) is 11.6 Å². The molecule has 0 saturated heterocycles. The van der Waals surface area contributed by atoms with Gasteiger partial charge in [-0.25, -0.2) is 4.68 Å². The number of aryl methyl sites for hydroxylation is 1. The normalized spacial score (nSPS) is 10.6. The molecule has 30 heavy (non-hydrogen) atoms. The third-order valence-electron chi connectivity index (χ3n) is 5.00. The van der Waals surface area contributed by atoms with E-state index >= 15 is 0 Å². The maximum absolute atomic E-state index is 12.6. The highest BCUT2D eigenvalue weighted by Gasteiger charge is 2.13. The van der Waals surface area contributed by atoms with Crippen molar-refractivity contribution in [2.75, 3.05) is 19.5 Å². The van der Waals surface area contributed by atoms with Crippen LogP contribution < -0.4 is 14.8 Å². The molecule has 1 heterocycles. The van der Waals surface area contributed by atoms with Gasteiger partial charge in [-0.3, -0.25) is 4.79 Å². The molecule has 158 valence electrons. The summed E-state index contributed by atoms with van der Waals surface area (Å²) >= 11 is 0. The van der Waals surface area contributed by atoms with Gasteiger partial charge in [-0.05, 0) is 30.0 Å². The molecule has 1 aromatic heterocycles. The molecule has 0 bridgehead atoms. The second kappa shape index (κ2) is 10.5. The van der Waals surface area contributed by atoms with Gasteiger partial charge in [0.15, 0.2) is 11.5 Å². The van der Waals surface area contributed by atoms with Crippen molar-refractivity contribution in [2.45, 2.75) is 39.2 Å². The average molecular weight is 408 g/mol. The fourth-order valence-electron chi connectivity index (χ4n) is 3.38. The zero-order chi connectivity index (χ0) is 21.3. The lowest BCUT2D eigenvalue weighted by molar-refractivity contribution is -0.115. The molecule has 0 unspecified atom stereocenters. The van der Waals surface area contributed by atoms with Crippen LogP contribution in [0.2, 0.25) is 0 Å². The Morgan fingerprint density at radius 3 is 2.50 bits per heavy atom. The number of amides is 1. The van der Waals surface area contributed by atoms with Crippen LogP contribution in [0.5, 0.6) is 11.5 Å². The first-order valence-corrected chi connectivity index (χ1v) is 10.2. The highest BCUT2D eigenvalue weighted by Crippen LogP contribution is 2.31. The van der Waals surface area contributed by atoms with Gasteiger partial charge in [-0.2, -0.15) is 5.10 Å². The Hall–Kier alpha value is -3.28. The third-order valence-corrected chi connectivity index (χ3v) is 5.00. The molecule has 3 rings (SSSR count). The number of methoxy groups -OCH3 is 2. The molecule has 0 aliphatic carbocycles. The summed E-state index contributed by atoms with van der Waals surface area (Å²) < 4.78 is 12.6. The van der Waals surface area contributed by atoms with Crippen LogP contribution in [0.3, 0.4) is 0 Å². The lowest BCUT2D eigenvalue weighted by atomic mass is 10.0. The van der Waals surface area contributed by atoms with E-state index in [9.17, 15) is 4.79 Å². The molecule has 1 amide bonds. The minimum absolute atomic E-state index is 0.0735. The topological polar surface area (TPSA) is 65.4 Å². The van der Waals surface area contributed by atoms with Crippen molar-refractivity contribution >= 4 is 11.7 Å². The summed E-state index contributed by atoms with van der Waals surface area (Å²) in [6.45, 7) is 2.64. The second-order valence-corrected chi connectivity index (χ2v) is 7.17. The monoisotopic (exact) mass is 407 g/mol. The maximum atomic E-state index is 12.6. The van der Waals surface area contributed by atoms with E-state index in [1.54, 1.807) is 31.2 Å². The SMILES string of the molecule is CCCCc1ccc(CC(=O)Nc2ccnn2Cc2cccc(OC)c2OC)cc1. The highest BCUT2D eigenvalue weighted by atomic mass is 16.5. The number of nitrogens with one attached hydrogen (secondary N) is 1. The molecule has 0 radical (unpaired) electrons.